The minimum atomic E-state index is -2.85. The Labute approximate surface area is 193 Å². The number of nitrogens with zero attached hydrogens (tertiary/aromatic N) is 2. The van der Waals surface area contributed by atoms with E-state index < -0.39 is 6.61 Å². The molecule has 3 rings (SSSR count). The predicted molar refractivity (Wildman–Crippen MR) is 124 cm³/mol. The average Bonchev–Trinajstić information content (AvgIpc) is 3.45. The second-order valence-corrected chi connectivity index (χ2v) is 7.25. The lowest BCUT2D eigenvalue weighted by atomic mass is 10.2. The van der Waals surface area contributed by atoms with Crippen LogP contribution >= 0.6 is 24.0 Å². The van der Waals surface area contributed by atoms with E-state index in [-0.39, 0.29) is 47.6 Å². The number of aliphatic imine (C=N–C) groups is 1. The summed E-state index contributed by atoms with van der Waals surface area (Å²) >= 11 is 0. The van der Waals surface area contributed by atoms with Crippen LogP contribution < -0.4 is 25.6 Å². The number of carbonyl (C=O) groups excluding carboxylic acids is 1. The molecule has 1 saturated carbocycles. The topological polar surface area (TPSA) is 78.0 Å². The number of carbonyl (C=O) groups is 1. The second kappa shape index (κ2) is 12.1. The van der Waals surface area contributed by atoms with Crippen molar-refractivity contribution in [3.8, 4) is 5.75 Å². The molecule has 10 heteroatoms. The van der Waals surface area contributed by atoms with Crippen LogP contribution in [0.1, 0.15) is 26.2 Å². The molecule has 1 saturated heterocycles. The number of alkyl halides is 2. The zero-order valence-corrected chi connectivity index (χ0v) is 19.4. The number of amides is 1. The molecule has 1 aliphatic heterocycles. The number of benzene rings is 1. The van der Waals surface area contributed by atoms with Gasteiger partial charge < -0.3 is 25.6 Å². The summed E-state index contributed by atoms with van der Waals surface area (Å²) in [4.78, 5) is 18.2. The first kappa shape index (κ1) is 24.4. The number of ether oxygens (including phenoxy) is 1. The van der Waals surface area contributed by atoms with Gasteiger partial charge >= 0.3 is 6.61 Å². The van der Waals surface area contributed by atoms with Crippen LogP contribution in [0.25, 0.3) is 0 Å². The Morgan fingerprint density at radius 2 is 2.03 bits per heavy atom. The lowest BCUT2D eigenvalue weighted by Gasteiger charge is -2.22. The maximum atomic E-state index is 12.7. The molecule has 0 bridgehead atoms. The lowest BCUT2D eigenvalue weighted by Crippen LogP contribution is -2.45. The maximum Gasteiger partial charge on any atom is 0.387 e. The van der Waals surface area contributed by atoms with Crippen molar-refractivity contribution in [1.29, 1.82) is 0 Å². The number of nitrogens with one attached hydrogen (secondary N) is 3. The Bertz CT molecular complexity index is 718. The van der Waals surface area contributed by atoms with Crippen molar-refractivity contribution in [3.63, 3.8) is 0 Å². The van der Waals surface area contributed by atoms with Crippen molar-refractivity contribution in [2.24, 2.45) is 10.9 Å². The third-order valence-corrected chi connectivity index (χ3v) is 4.92. The van der Waals surface area contributed by atoms with E-state index in [1.54, 1.807) is 18.2 Å². The van der Waals surface area contributed by atoms with Gasteiger partial charge in [-0.2, -0.15) is 8.78 Å². The highest BCUT2D eigenvalue weighted by molar-refractivity contribution is 14.0. The zero-order valence-electron chi connectivity index (χ0n) is 17.1. The minimum Gasteiger partial charge on any atom is -0.433 e. The summed E-state index contributed by atoms with van der Waals surface area (Å²) in [7, 11) is 0. The van der Waals surface area contributed by atoms with Gasteiger partial charge in [0.05, 0.1) is 12.2 Å². The summed E-state index contributed by atoms with van der Waals surface area (Å²) in [5, 5.41) is 9.51. The Morgan fingerprint density at radius 3 is 2.73 bits per heavy atom. The van der Waals surface area contributed by atoms with Crippen LogP contribution in [0.3, 0.4) is 0 Å². The van der Waals surface area contributed by atoms with Crippen molar-refractivity contribution in [2.75, 3.05) is 37.6 Å². The first-order valence-electron chi connectivity index (χ1n) is 10.2. The number of rotatable bonds is 9. The fraction of sp³-hybridized carbons (Fsp3) is 0.600. The van der Waals surface area contributed by atoms with E-state index in [9.17, 15) is 13.6 Å². The first-order valence-corrected chi connectivity index (χ1v) is 10.2. The Hall–Kier alpha value is -1.85. The van der Waals surface area contributed by atoms with E-state index in [0.717, 1.165) is 32.4 Å². The fourth-order valence-electron chi connectivity index (χ4n) is 3.36. The van der Waals surface area contributed by atoms with E-state index in [4.69, 9.17) is 0 Å². The molecule has 1 aromatic carbocycles. The number of hydrogen-bond acceptors (Lipinski definition) is 4. The molecule has 168 valence electrons. The summed E-state index contributed by atoms with van der Waals surface area (Å²) in [6.07, 6.45) is 2.83. The standard InChI is InChI=1S/C20H29F2N5O2.HI/c1-2-23-20(25-11-10-24-18(28)14-7-8-14)26-15-9-12-27(13-15)16-5-3-4-6-17(16)29-19(21)22;/h3-6,14-15,19H,2,7-13H2,1H3,(H,24,28)(H2,23,25,26);1H. The van der Waals surface area contributed by atoms with Crippen LogP contribution in [0, 0.1) is 5.92 Å². The summed E-state index contributed by atoms with van der Waals surface area (Å²) in [6.45, 7) is 2.27. The molecule has 30 heavy (non-hydrogen) atoms. The van der Waals surface area contributed by atoms with Crippen LogP contribution in [0.5, 0.6) is 5.75 Å². The van der Waals surface area contributed by atoms with E-state index >= 15 is 0 Å². The van der Waals surface area contributed by atoms with Gasteiger partial charge in [0.1, 0.15) is 5.75 Å². The van der Waals surface area contributed by atoms with Crippen LogP contribution in [-0.4, -0.2) is 57.2 Å². The Morgan fingerprint density at radius 1 is 1.27 bits per heavy atom. The summed E-state index contributed by atoms with van der Waals surface area (Å²) in [5.74, 6) is 1.20. The molecule has 2 fully saturated rings. The molecule has 1 unspecified atom stereocenters. The van der Waals surface area contributed by atoms with Gasteiger partial charge in [-0.1, -0.05) is 12.1 Å². The fourth-order valence-corrected chi connectivity index (χ4v) is 3.36. The molecule has 0 radical (unpaired) electrons. The molecule has 3 N–H and O–H groups in total. The number of para-hydroxylation sites is 2. The third-order valence-electron chi connectivity index (χ3n) is 4.92. The molecule has 2 aliphatic rings. The normalized spacial score (nSPS) is 18.7. The van der Waals surface area contributed by atoms with Crippen LogP contribution in [0.15, 0.2) is 29.3 Å². The van der Waals surface area contributed by atoms with E-state index in [0.29, 0.717) is 31.3 Å². The lowest BCUT2D eigenvalue weighted by molar-refractivity contribution is -0.122. The van der Waals surface area contributed by atoms with Gasteiger partial charge in [0.2, 0.25) is 5.91 Å². The molecule has 0 spiro atoms. The van der Waals surface area contributed by atoms with Crippen molar-refractivity contribution in [1.82, 2.24) is 16.0 Å². The number of hydrogen-bond donors (Lipinski definition) is 3. The highest BCUT2D eigenvalue weighted by atomic mass is 127. The highest BCUT2D eigenvalue weighted by Crippen LogP contribution is 2.31. The number of anilines is 1. The Balaban J connectivity index is 0.00000320. The SMILES string of the molecule is CCNC(=NCCNC(=O)C1CC1)NC1CCN(c2ccccc2OC(F)F)C1.I. The minimum absolute atomic E-state index is 0. The van der Waals surface area contributed by atoms with Crippen LogP contribution in [-0.2, 0) is 4.79 Å². The van der Waals surface area contributed by atoms with Crippen molar-refractivity contribution >= 4 is 41.5 Å². The monoisotopic (exact) mass is 537 g/mol. The molecule has 1 atom stereocenters. The van der Waals surface area contributed by atoms with Gasteiger partial charge in [0.15, 0.2) is 5.96 Å². The molecule has 0 aromatic heterocycles. The molecule has 1 heterocycles. The van der Waals surface area contributed by atoms with Crippen molar-refractivity contribution in [3.05, 3.63) is 24.3 Å². The number of halogens is 3. The van der Waals surface area contributed by atoms with Crippen LogP contribution in [0.4, 0.5) is 14.5 Å². The largest absolute Gasteiger partial charge is 0.433 e. The second-order valence-electron chi connectivity index (χ2n) is 7.25. The molecule has 1 amide bonds. The Kier molecular flexibility index (Phi) is 9.86. The summed E-state index contributed by atoms with van der Waals surface area (Å²) in [5.41, 5.74) is 0.668. The third kappa shape index (κ3) is 7.44. The van der Waals surface area contributed by atoms with Crippen LogP contribution in [0.2, 0.25) is 0 Å². The first-order chi connectivity index (χ1) is 14.1. The molecule has 7 nitrogen and oxygen atoms in total. The maximum absolute atomic E-state index is 12.7. The smallest absolute Gasteiger partial charge is 0.387 e. The highest BCUT2D eigenvalue weighted by Gasteiger charge is 2.29. The molecular weight excluding hydrogens is 507 g/mol. The van der Waals surface area contributed by atoms with E-state index in [1.807, 2.05) is 17.9 Å². The predicted octanol–water partition coefficient (Wildman–Crippen LogP) is 2.57. The molecule has 1 aromatic rings. The molecule has 1 aliphatic carbocycles. The van der Waals surface area contributed by atoms with Crippen molar-refractivity contribution in [2.45, 2.75) is 38.8 Å². The van der Waals surface area contributed by atoms with Gasteiger partial charge in [0, 0.05) is 38.1 Å². The van der Waals surface area contributed by atoms with E-state index in [1.165, 1.54) is 0 Å². The van der Waals surface area contributed by atoms with E-state index in [2.05, 4.69) is 25.7 Å². The van der Waals surface area contributed by atoms with Gasteiger partial charge in [-0.15, -0.1) is 24.0 Å². The zero-order chi connectivity index (χ0) is 20.6. The van der Waals surface area contributed by atoms with Gasteiger partial charge in [-0.05, 0) is 38.3 Å². The molecular formula is C20H30F2IN5O2. The van der Waals surface area contributed by atoms with Gasteiger partial charge in [-0.25, -0.2) is 0 Å². The van der Waals surface area contributed by atoms with Gasteiger partial charge in [0.25, 0.3) is 0 Å². The summed E-state index contributed by atoms with van der Waals surface area (Å²) in [6, 6.07) is 6.99. The average molecular weight is 537 g/mol. The number of guanidine groups is 1. The summed E-state index contributed by atoms with van der Waals surface area (Å²) < 4.78 is 30.0. The quantitative estimate of drug-likeness (QED) is 0.196. The van der Waals surface area contributed by atoms with Gasteiger partial charge in [-0.3, -0.25) is 9.79 Å². The van der Waals surface area contributed by atoms with Crippen molar-refractivity contribution < 1.29 is 18.3 Å².